The van der Waals surface area contributed by atoms with Crippen LogP contribution in [0.5, 0.6) is 0 Å². The van der Waals surface area contributed by atoms with Gasteiger partial charge in [-0.15, -0.1) is 0 Å². The summed E-state index contributed by atoms with van der Waals surface area (Å²) >= 11 is 7.76. The topological polar surface area (TPSA) is 55.2 Å². The number of nitrogens with one attached hydrogen (secondary N) is 1. The van der Waals surface area contributed by atoms with Crippen LogP contribution in [0, 0.1) is 10.1 Å². The Kier molecular flexibility index (Phi) is 8.65. The zero-order valence-corrected chi connectivity index (χ0v) is 13.3. The summed E-state index contributed by atoms with van der Waals surface area (Å²) in [6, 6.07) is 4.67. The van der Waals surface area contributed by atoms with Crippen LogP contribution in [-0.4, -0.2) is 23.5 Å². The molecule has 0 aliphatic carbocycles. The average Bonchev–Trinajstić information content (AvgIpc) is 2.41. The molecule has 1 N–H and O–H groups in total. The monoisotopic (exact) mass is 316 g/mol. The lowest BCUT2D eigenvalue weighted by Gasteiger charge is -2.06. The second-order valence-electron chi connectivity index (χ2n) is 4.61. The number of nitrogens with zero attached hydrogens (tertiary/aromatic N) is 1. The number of hydrogen-bond acceptors (Lipinski definition) is 4. The van der Waals surface area contributed by atoms with Crippen molar-refractivity contribution >= 4 is 29.1 Å². The largest absolute Gasteiger partial charge is 0.312 e. The molecule has 0 saturated heterocycles. The first kappa shape index (κ1) is 17.3. The van der Waals surface area contributed by atoms with Gasteiger partial charge in [-0.25, -0.2) is 0 Å². The maximum Gasteiger partial charge on any atom is 0.273 e. The molecule has 0 aromatic heterocycles. The molecule has 0 radical (unpaired) electrons. The van der Waals surface area contributed by atoms with Gasteiger partial charge in [0.1, 0.15) is 0 Å². The SMILES string of the molecule is CSCCCCCCNCc1cc(Cl)ccc1[N+](=O)[O-]. The van der Waals surface area contributed by atoms with Crippen LogP contribution in [0.15, 0.2) is 18.2 Å². The molecule has 0 aliphatic heterocycles. The highest BCUT2D eigenvalue weighted by Crippen LogP contribution is 2.22. The van der Waals surface area contributed by atoms with E-state index in [0.717, 1.165) is 13.0 Å². The minimum atomic E-state index is -0.365. The summed E-state index contributed by atoms with van der Waals surface area (Å²) in [5, 5.41) is 14.7. The second kappa shape index (κ2) is 10.0. The van der Waals surface area contributed by atoms with Crippen LogP contribution in [0.3, 0.4) is 0 Å². The van der Waals surface area contributed by atoms with Gasteiger partial charge >= 0.3 is 0 Å². The molecule has 0 aliphatic rings. The Morgan fingerprint density at radius 1 is 1.30 bits per heavy atom. The lowest BCUT2D eigenvalue weighted by atomic mass is 10.1. The summed E-state index contributed by atoms with van der Waals surface area (Å²) < 4.78 is 0. The lowest BCUT2D eigenvalue weighted by Crippen LogP contribution is -2.15. The predicted octanol–water partition coefficient (Wildman–Crippen LogP) is 4.26. The Bertz CT molecular complexity index is 430. The van der Waals surface area contributed by atoms with Gasteiger partial charge in [0.15, 0.2) is 0 Å². The Labute approximate surface area is 129 Å². The van der Waals surface area contributed by atoms with Gasteiger partial charge in [-0.3, -0.25) is 10.1 Å². The highest BCUT2D eigenvalue weighted by molar-refractivity contribution is 7.98. The van der Waals surface area contributed by atoms with Crippen molar-refractivity contribution in [2.45, 2.75) is 32.2 Å². The van der Waals surface area contributed by atoms with Crippen molar-refractivity contribution in [2.75, 3.05) is 18.6 Å². The van der Waals surface area contributed by atoms with E-state index in [-0.39, 0.29) is 10.6 Å². The van der Waals surface area contributed by atoms with Crippen molar-refractivity contribution in [3.8, 4) is 0 Å². The lowest BCUT2D eigenvalue weighted by molar-refractivity contribution is -0.385. The third-order valence-corrected chi connectivity index (χ3v) is 3.94. The number of hydrogen-bond donors (Lipinski definition) is 1. The van der Waals surface area contributed by atoms with E-state index >= 15 is 0 Å². The average molecular weight is 317 g/mol. The molecule has 112 valence electrons. The molecule has 0 unspecified atom stereocenters. The summed E-state index contributed by atoms with van der Waals surface area (Å²) in [6.45, 7) is 1.37. The van der Waals surface area contributed by atoms with Crippen LogP contribution in [0.25, 0.3) is 0 Å². The molecule has 1 aromatic carbocycles. The van der Waals surface area contributed by atoms with Crippen LogP contribution in [0.4, 0.5) is 5.69 Å². The second-order valence-corrected chi connectivity index (χ2v) is 6.04. The number of unbranched alkanes of at least 4 members (excludes halogenated alkanes) is 3. The first-order chi connectivity index (χ1) is 9.65. The van der Waals surface area contributed by atoms with Crippen molar-refractivity contribution in [1.29, 1.82) is 0 Å². The van der Waals surface area contributed by atoms with E-state index in [1.54, 1.807) is 12.1 Å². The van der Waals surface area contributed by atoms with E-state index in [1.807, 2.05) is 11.8 Å². The molecular weight excluding hydrogens is 296 g/mol. The van der Waals surface area contributed by atoms with Crippen LogP contribution >= 0.6 is 23.4 Å². The van der Waals surface area contributed by atoms with Crippen molar-refractivity contribution in [3.05, 3.63) is 38.9 Å². The molecule has 0 atom stereocenters. The van der Waals surface area contributed by atoms with Crippen molar-refractivity contribution in [1.82, 2.24) is 5.32 Å². The van der Waals surface area contributed by atoms with E-state index in [9.17, 15) is 10.1 Å². The van der Waals surface area contributed by atoms with E-state index in [4.69, 9.17) is 11.6 Å². The number of halogens is 1. The van der Waals surface area contributed by atoms with Crippen LogP contribution in [0.1, 0.15) is 31.2 Å². The Morgan fingerprint density at radius 3 is 2.75 bits per heavy atom. The normalized spacial score (nSPS) is 10.7. The number of rotatable bonds is 10. The Hall–Kier alpha value is -0.780. The van der Waals surface area contributed by atoms with Crippen LogP contribution in [-0.2, 0) is 6.54 Å². The van der Waals surface area contributed by atoms with E-state index in [0.29, 0.717) is 17.1 Å². The first-order valence-corrected chi connectivity index (χ1v) is 8.55. The quantitative estimate of drug-likeness (QED) is 0.398. The summed E-state index contributed by atoms with van der Waals surface area (Å²) in [5.41, 5.74) is 0.770. The van der Waals surface area contributed by atoms with E-state index < -0.39 is 0 Å². The van der Waals surface area contributed by atoms with E-state index in [1.165, 1.54) is 31.1 Å². The molecule has 0 bridgehead atoms. The fraction of sp³-hybridized carbons (Fsp3) is 0.571. The van der Waals surface area contributed by atoms with Crippen LogP contribution < -0.4 is 5.32 Å². The smallest absolute Gasteiger partial charge is 0.273 e. The molecule has 0 amide bonds. The molecule has 6 heteroatoms. The minimum Gasteiger partial charge on any atom is -0.312 e. The van der Waals surface area contributed by atoms with Gasteiger partial charge in [-0.2, -0.15) is 11.8 Å². The molecule has 0 fully saturated rings. The standard InChI is InChI=1S/C14H21ClN2O2S/c1-20-9-5-3-2-4-8-16-11-12-10-13(15)6-7-14(12)17(18)19/h6-7,10,16H,2-5,8-9,11H2,1H3. The molecule has 0 spiro atoms. The van der Waals surface area contributed by atoms with Crippen molar-refractivity contribution < 1.29 is 4.92 Å². The summed E-state index contributed by atoms with van der Waals surface area (Å²) in [5.74, 6) is 1.22. The van der Waals surface area contributed by atoms with E-state index in [2.05, 4.69) is 11.6 Å². The summed E-state index contributed by atoms with van der Waals surface area (Å²) in [7, 11) is 0. The summed E-state index contributed by atoms with van der Waals surface area (Å²) in [4.78, 5) is 10.5. The molecule has 0 saturated carbocycles. The highest BCUT2D eigenvalue weighted by atomic mass is 35.5. The third kappa shape index (κ3) is 6.59. The first-order valence-electron chi connectivity index (χ1n) is 6.77. The number of benzene rings is 1. The van der Waals surface area contributed by atoms with Gasteiger partial charge in [-0.05, 0) is 43.5 Å². The third-order valence-electron chi connectivity index (χ3n) is 3.01. The molecule has 0 heterocycles. The predicted molar refractivity (Wildman–Crippen MR) is 86.7 cm³/mol. The Morgan fingerprint density at radius 2 is 2.05 bits per heavy atom. The maximum atomic E-state index is 10.9. The molecule has 1 aromatic rings. The van der Waals surface area contributed by atoms with Gasteiger partial charge < -0.3 is 5.32 Å². The maximum absolute atomic E-state index is 10.9. The van der Waals surface area contributed by atoms with Gasteiger partial charge in [0.05, 0.1) is 4.92 Å². The Balaban J connectivity index is 2.28. The van der Waals surface area contributed by atoms with Gasteiger partial charge in [-0.1, -0.05) is 24.4 Å². The summed E-state index contributed by atoms with van der Waals surface area (Å²) in [6.07, 6.45) is 6.94. The zero-order valence-electron chi connectivity index (χ0n) is 11.7. The fourth-order valence-corrected chi connectivity index (χ4v) is 2.63. The minimum absolute atomic E-state index is 0.127. The van der Waals surface area contributed by atoms with Crippen LogP contribution in [0.2, 0.25) is 5.02 Å². The molecule has 20 heavy (non-hydrogen) atoms. The number of nitro groups is 1. The highest BCUT2D eigenvalue weighted by Gasteiger charge is 2.12. The van der Waals surface area contributed by atoms with Crippen molar-refractivity contribution in [2.24, 2.45) is 0 Å². The number of thioether (sulfide) groups is 1. The molecule has 4 nitrogen and oxygen atoms in total. The zero-order chi connectivity index (χ0) is 14.8. The number of nitro benzene ring substituents is 1. The van der Waals surface area contributed by atoms with Gasteiger partial charge in [0.2, 0.25) is 0 Å². The van der Waals surface area contributed by atoms with Gasteiger partial charge in [0, 0.05) is 23.2 Å². The van der Waals surface area contributed by atoms with Crippen molar-refractivity contribution in [3.63, 3.8) is 0 Å². The molecule has 1 rings (SSSR count). The molecular formula is C14H21ClN2O2S. The van der Waals surface area contributed by atoms with Gasteiger partial charge in [0.25, 0.3) is 5.69 Å². The fourth-order valence-electron chi connectivity index (χ4n) is 1.95.